The number of rotatable bonds is 3. The molecule has 1 N–H and O–H groups in total. The molecule has 5 nitrogen and oxygen atoms in total. The van der Waals surface area contributed by atoms with Gasteiger partial charge in [0.1, 0.15) is 5.75 Å². The van der Waals surface area contributed by atoms with E-state index >= 15 is 0 Å². The van der Waals surface area contributed by atoms with Crippen LogP contribution in [-0.4, -0.2) is 53.9 Å². The van der Waals surface area contributed by atoms with Crippen molar-refractivity contribution in [2.24, 2.45) is 0 Å². The number of benzene rings is 1. The first-order valence-corrected chi connectivity index (χ1v) is 8.16. The number of carbonyl (C=O) groups is 1. The molecule has 2 heterocycles. The molecule has 2 fully saturated rings. The maximum Gasteiger partial charge on any atom is 0.387 e. The van der Waals surface area contributed by atoms with Crippen molar-refractivity contribution in [1.29, 1.82) is 0 Å². The Bertz CT molecular complexity index is 570. The van der Waals surface area contributed by atoms with Crippen LogP contribution in [0.5, 0.6) is 5.75 Å². The normalized spacial score (nSPS) is 23.5. The minimum atomic E-state index is -2.88. The van der Waals surface area contributed by atoms with E-state index in [1.807, 2.05) is 0 Å². The van der Waals surface area contributed by atoms with Crippen LogP contribution in [0.2, 0.25) is 0 Å². The Kier molecular flexibility index (Phi) is 5.01. The highest BCUT2D eigenvalue weighted by atomic mass is 19.3. The standard InChI is InChI=1S/C17H21F2NO4/c18-16(19)24-13-5-3-12(4-6-13)15(22)20-9-7-17(8-10-20)14(21)2-1-11-23-17/h3-6,14,16,21H,1-2,7-11H2/t14-/m0/s1. The number of aliphatic hydroxyl groups is 1. The van der Waals surface area contributed by atoms with E-state index in [1.165, 1.54) is 24.3 Å². The van der Waals surface area contributed by atoms with Gasteiger partial charge in [0.05, 0.1) is 11.7 Å². The molecule has 0 saturated carbocycles. The Labute approximate surface area is 139 Å². The second-order valence-electron chi connectivity index (χ2n) is 6.27. The van der Waals surface area contributed by atoms with Crippen molar-refractivity contribution in [3.05, 3.63) is 29.8 Å². The van der Waals surface area contributed by atoms with Crippen molar-refractivity contribution in [1.82, 2.24) is 4.90 Å². The van der Waals surface area contributed by atoms with Gasteiger partial charge in [-0.2, -0.15) is 8.78 Å². The number of amides is 1. The van der Waals surface area contributed by atoms with Crippen LogP contribution in [0.15, 0.2) is 24.3 Å². The van der Waals surface area contributed by atoms with E-state index in [9.17, 15) is 18.7 Å². The van der Waals surface area contributed by atoms with Crippen molar-refractivity contribution in [2.45, 2.75) is 44.0 Å². The van der Waals surface area contributed by atoms with Crippen molar-refractivity contribution in [3.8, 4) is 5.75 Å². The van der Waals surface area contributed by atoms with Crippen LogP contribution in [-0.2, 0) is 4.74 Å². The molecule has 0 radical (unpaired) electrons. The third-order valence-electron chi connectivity index (χ3n) is 4.84. The minimum absolute atomic E-state index is 0.0258. The van der Waals surface area contributed by atoms with Gasteiger partial charge in [0, 0.05) is 25.3 Å². The predicted molar refractivity (Wildman–Crippen MR) is 82.1 cm³/mol. The van der Waals surface area contributed by atoms with E-state index in [2.05, 4.69) is 4.74 Å². The first kappa shape index (κ1) is 17.1. The van der Waals surface area contributed by atoms with E-state index < -0.39 is 18.3 Å². The number of ether oxygens (including phenoxy) is 2. The molecular weight excluding hydrogens is 320 g/mol. The van der Waals surface area contributed by atoms with E-state index in [1.54, 1.807) is 4.90 Å². The molecule has 1 aromatic rings. The van der Waals surface area contributed by atoms with Crippen molar-refractivity contribution in [3.63, 3.8) is 0 Å². The van der Waals surface area contributed by atoms with Crippen LogP contribution < -0.4 is 4.74 Å². The molecule has 132 valence electrons. The fraction of sp³-hybridized carbons (Fsp3) is 0.588. The lowest BCUT2D eigenvalue weighted by molar-refractivity contribution is -0.174. The average molecular weight is 341 g/mol. The molecule has 1 aromatic carbocycles. The lowest BCUT2D eigenvalue weighted by atomic mass is 9.82. The first-order valence-electron chi connectivity index (χ1n) is 8.16. The number of hydrogen-bond donors (Lipinski definition) is 1. The van der Waals surface area contributed by atoms with Gasteiger partial charge in [0.2, 0.25) is 0 Å². The molecule has 0 aromatic heterocycles. The molecule has 0 aliphatic carbocycles. The predicted octanol–water partition coefficient (Wildman–Crippen LogP) is 2.43. The Morgan fingerprint density at radius 3 is 2.54 bits per heavy atom. The highest BCUT2D eigenvalue weighted by molar-refractivity contribution is 5.94. The smallest absolute Gasteiger partial charge is 0.387 e. The minimum Gasteiger partial charge on any atom is -0.435 e. The number of carbonyl (C=O) groups excluding carboxylic acids is 1. The zero-order valence-electron chi connectivity index (χ0n) is 13.3. The summed E-state index contributed by atoms with van der Waals surface area (Å²) in [6.45, 7) is -1.22. The van der Waals surface area contributed by atoms with Gasteiger partial charge in [-0.25, -0.2) is 0 Å². The van der Waals surface area contributed by atoms with Gasteiger partial charge in [0.25, 0.3) is 5.91 Å². The second-order valence-corrected chi connectivity index (χ2v) is 6.27. The molecular formula is C17H21F2NO4. The Balaban J connectivity index is 1.60. The number of piperidine rings is 1. The third kappa shape index (κ3) is 3.52. The van der Waals surface area contributed by atoms with Gasteiger partial charge in [-0.15, -0.1) is 0 Å². The van der Waals surface area contributed by atoms with Gasteiger partial charge in [-0.3, -0.25) is 4.79 Å². The van der Waals surface area contributed by atoms with E-state index in [0.29, 0.717) is 38.1 Å². The lowest BCUT2D eigenvalue weighted by Gasteiger charge is -2.46. The van der Waals surface area contributed by atoms with Crippen LogP contribution in [0.1, 0.15) is 36.0 Å². The van der Waals surface area contributed by atoms with Crippen LogP contribution in [0.4, 0.5) is 8.78 Å². The molecule has 1 atom stereocenters. The van der Waals surface area contributed by atoms with Crippen LogP contribution >= 0.6 is 0 Å². The van der Waals surface area contributed by atoms with E-state index in [-0.39, 0.29) is 11.7 Å². The second kappa shape index (κ2) is 7.03. The summed E-state index contributed by atoms with van der Waals surface area (Å²) in [5, 5.41) is 10.2. The highest BCUT2D eigenvalue weighted by Gasteiger charge is 2.44. The zero-order valence-corrected chi connectivity index (χ0v) is 13.3. The summed E-state index contributed by atoms with van der Waals surface area (Å²) < 4.78 is 34.4. The maximum absolute atomic E-state index is 12.5. The number of hydrogen-bond acceptors (Lipinski definition) is 4. The van der Waals surface area contributed by atoms with Crippen molar-refractivity contribution < 1.29 is 28.2 Å². The van der Waals surface area contributed by atoms with Crippen molar-refractivity contribution in [2.75, 3.05) is 19.7 Å². The molecule has 1 amide bonds. The summed E-state index contributed by atoms with van der Waals surface area (Å²) >= 11 is 0. The number of alkyl halides is 2. The SMILES string of the molecule is O=C(c1ccc(OC(F)F)cc1)N1CCC2(CC1)OCCC[C@@H]2O. The third-order valence-corrected chi connectivity index (χ3v) is 4.84. The quantitative estimate of drug-likeness (QED) is 0.917. The number of nitrogens with zero attached hydrogens (tertiary/aromatic N) is 1. The Hall–Kier alpha value is -1.73. The largest absolute Gasteiger partial charge is 0.435 e. The molecule has 0 unspecified atom stereocenters. The zero-order chi connectivity index (χ0) is 17.2. The molecule has 24 heavy (non-hydrogen) atoms. The van der Waals surface area contributed by atoms with Crippen molar-refractivity contribution >= 4 is 5.91 Å². The lowest BCUT2D eigenvalue weighted by Crippen LogP contribution is -2.56. The summed E-state index contributed by atoms with van der Waals surface area (Å²) in [5.41, 5.74) is -0.0954. The topological polar surface area (TPSA) is 59.0 Å². The first-order chi connectivity index (χ1) is 11.5. The molecule has 2 aliphatic heterocycles. The summed E-state index contributed by atoms with van der Waals surface area (Å²) in [6, 6.07) is 5.68. The molecule has 3 rings (SSSR count). The van der Waals surface area contributed by atoms with Gasteiger partial charge >= 0.3 is 6.61 Å². The summed E-state index contributed by atoms with van der Waals surface area (Å²) in [5.74, 6) is -0.128. The van der Waals surface area contributed by atoms with E-state index in [0.717, 1.165) is 12.8 Å². The molecule has 7 heteroatoms. The monoisotopic (exact) mass is 341 g/mol. The summed E-state index contributed by atoms with van der Waals surface area (Å²) in [4.78, 5) is 14.2. The number of halogens is 2. The van der Waals surface area contributed by atoms with Crippen LogP contribution in [0.25, 0.3) is 0 Å². The van der Waals surface area contributed by atoms with Gasteiger partial charge < -0.3 is 19.5 Å². The Morgan fingerprint density at radius 2 is 1.96 bits per heavy atom. The van der Waals surface area contributed by atoms with Gasteiger partial charge in [-0.05, 0) is 49.9 Å². The number of aliphatic hydroxyl groups excluding tert-OH is 1. The van der Waals surface area contributed by atoms with Crippen LogP contribution in [0, 0.1) is 0 Å². The van der Waals surface area contributed by atoms with Gasteiger partial charge in [-0.1, -0.05) is 0 Å². The summed E-state index contributed by atoms with van der Waals surface area (Å²) in [6.07, 6.45) is 2.33. The highest BCUT2D eigenvalue weighted by Crippen LogP contribution is 2.35. The molecule has 0 bridgehead atoms. The van der Waals surface area contributed by atoms with Crippen LogP contribution in [0.3, 0.4) is 0 Å². The molecule has 2 saturated heterocycles. The molecule has 2 aliphatic rings. The fourth-order valence-corrected chi connectivity index (χ4v) is 3.44. The van der Waals surface area contributed by atoms with E-state index in [4.69, 9.17) is 4.74 Å². The Morgan fingerprint density at radius 1 is 1.29 bits per heavy atom. The number of likely N-dealkylation sites (tertiary alicyclic amines) is 1. The maximum atomic E-state index is 12.5. The molecule has 1 spiro atoms. The summed E-state index contributed by atoms with van der Waals surface area (Å²) in [7, 11) is 0. The average Bonchev–Trinajstić information content (AvgIpc) is 2.58. The van der Waals surface area contributed by atoms with Gasteiger partial charge in [0.15, 0.2) is 0 Å². The fourth-order valence-electron chi connectivity index (χ4n) is 3.44.